The molecule has 1 aliphatic rings. The second-order valence-corrected chi connectivity index (χ2v) is 3.37. The van der Waals surface area contributed by atoms with Crippen molar-refractivity contribution in [3.8, 4) is 0 Å². The molecule has 0 bridgehead atoms. The van der Waals surface area contributed by atoms with Gasteiger partial charge in [-0.1, -0.05) is 13.0 Å². The second-order valence-electron chi connectivity index (χ2n) is 3.37. The first-order valence-electron chi connectivity index (χ1n) is 3.56. The van der Waals surface area contributed by atoms with Crippen LogP contribution < -0.4 is 5.73 Å². The molecular formula is C8H15N. The van der Waals surface area contributed by atoms with E-state index >= 15 is 0 Å². The molecule has 0 saturated heterocycles. The Labute approximate surface area is 56.9 Å². The van der Waals surface area contributed by atoms with Gasteiger partial charge in [0.25, 0.3) is 0 Å². The molecular weight excluding hydrogens is 110 g/mol. The Morgan fingerprint density at radius 2 is 2.33 bits per heavy atom. The summed E-state index contributed by atoms with van der Waals surface area (Å²) in [6, 6.07) is 0. The minimum Gasteiger partial charge on any atom is -0.325 e. The molecule has 0 aromatic carbocycles. The summed E-state index contributed by atoms with van der Waals surface area (Å²) >= 11 is 0. The molecule has 1 aliphatic carbocycles. The summed E-state index contributed by atoms with van der Waals surface area (Å²) < 4.78 is 0. The van der Waals surface area contributed by atoms with Crippen LogP contribution in [0.25, 0.3) is 0 Å². The highest BCUT2D eigenvalue weighted by Gasteiger charge is 2.36. The van der Waals surface area contributed by atoms with Crippen LogP contribution in [-0.4, -0.2) is 5.54 Å². The molecule has 0 radical (unpaired) electrons. The highest BCUT2D eigenvalue weighted by atomic mass is 14.8. The minimum atomic E-state index is 0.126. The van der Waals surface area contributed by atoms with Gasteiger partial charge in [0.15, 0.2) is 0 Å². The summed E-state index contributed by atoms with van der Waals surface area (Å²) in [6.07, 6.45) is 5.27. The quantitative estimate of drug-likeness (QED) is 0.558. The van der Waals surface area contributed by atoms with Gasteiger partial charge in [-0.05, 0) is 25.2 Å². The van der Waals surface area contributed by atoms with Gasteiger partial charge >= 0.3 is 0 Å². The van der Waals surface area contributed by atoms with E-state index in [0.29, 0.717) is 0 Å². The van der Waals surface area contributed by atoms with E-state index in [0.717, 1.165) is 12.3 Å². The summed E-state index contributed by atoms with van der Waals surface area (Å²) in [6.45, 7) is 5.92. The Balaban J connectivity index is 2.31. The molecule has 0 amide bonds. The van der Waals surface area contributed by atoms with E-state index in [1.807, 2.05) is 6.08 Å². The first kappa shape index (κ1) is 6.81. The van der Waals surface area contributed by atoms with Gasteiger partial charge in [0.05, 0.1) is 0 Å². The van der Waals surface area contributed by atoms with E-state index in [2.05, 4.69) is 13.5 Å². The topological polar surface area (TPSA) is 26.0 Å². The van der Waals surface area contributed by atoms with Gasteiger partial charge in [0.1, 0.15) is 0 Å². The van der Waals surface area contributed by atoms with Crippen LogP contribution in [-0.2, 0) is 0 Å². The maximum Gasteiger partial charge on any atom is 0.0194 e. The highest BCUT2D eigenvalue weighted by Crippen LogP contribution is 2.37. The summed E-state index contributed by atoms with van der Waals surface area (Å²) in [5.41, 5.74) is 6.06. The third-order valence-electron chi connectivity index (χ3n) is 2.06. The Morgan fingerprint density at radius 3 is 2.67 bits per heavy atom. The maximum atomic E-state index is 5.93. The smallest absolute Gasteiger partial charge is 0.0194 e. The average molecular weight is 125 g/mol. The van der Waals surface area contributed by atoms with Crippen LogP contribution in [0, 0.1) is 5.92 Å². The molecule has 1 fully saturated rings. The van der Waals surface area contributed by atoms with Crippen LogP contribution in [0.2, 0.25) is 0 Å². The van der Waals surface area contributed by atoms with Gasteiger partial charge in [-0.25, -0.2) is 0 Å². The molecule has 0 aromatic rings. The zero-order valence-corrected chi connectivity index (χ0v) is 6.06. The van der Waals surface area contributed by atoms with E-state index in [-0.39, 0.29) is 5.54 Å². The fourth-order valence-corrected chi connectivity index (χ4v) is 1.78. The lowest BCUT2D eigenvalue weighted by Crippen LogP contribution is -2.50. The van der Waals surface area contributed by atoms with Crippen molar-refractivity contribution in [1.82, 2.24) is 0 Å². The fraction of sp³-hybridized carbons (Fsp3) is 0.750. The molecule has 1 heteroatoms. The SMILES string of the molecule is C=CCC1(N)CC(C)C1. The van der Waals surface area contributed by atoms with Crippen LogP contribution in [0.3, 0.4) is 0 Å². The van der Waals surface area contributed by atoms with Crippen molar-refractivity contribution in [2.45, 2.75) is 31.7 Å². The number of nitrogens with two attached hydrogens (primary N) is 1. The van der Waals surface area contributed by atoms with Gasteiger partial charge in [0.2, 0.25) is 0 Å². The van der Waals surface area contributed by atoms with E-state index in [1.54, 1.807) is 0 Å². The standard InChI is InChI=1S/C8H15N/c1-3-4-8(9)5-7(2)6-8/h3,7H,1,4-6,9H2,2H3. The van der Waals surface area contributed by atoms with Crippen molar-refractivity contribution in [3.63, 3.8) is 0 Å². The van der Waals surface area contributed by atoms with Gasteiger partial charge in [-0.3, -0.25) is 0 Å². The van der Waals surface area contributed by atoms with E-state index < -0.39 is 0 Å². The Morgan fingerprint density at radius 1 is 1.78 bits per heavy atom. The molecule has 0 unspecified atom stereocenters. The second kappa shape index (κ2) is 2.14. The number of hydrogen-bond donors (Lipinski definition) is 1. The Kier molecular flexibility index (Phi) is 1.62. The Hall–Kier alpha value is -0.300. The molecule has 0 aliphatic heterocycles. The summed E-state index contributed by atoms with van der Waals surface area (Å²) in [4.78, 5) is 0. The van der Waals surface area contributed by atoms with Crippen LogP contribution in [0.5, 0.6) is 0 Å². The summed E-state index contributed by atoms with van der Waals surface area (Å²) in [5, 5.41) is 0. The molecule has 0 spiro atoms. The largest absolute Gasteiger partial charge is 0.325 e. The Bertz CT molecular complexity index is 112. The number of rotatable bonds is 2. The van der Waals surface area contributed by atoms with Crippen LogP contribution in [0.1, 0.15) is 26.2 Å². The lowest BCUT2D eigenvalue weighted by molar-refractivity contribution is 0.166. The normalized spacial score (nSPS) is 41.8. The molecule has 1 rings (SSSR count). The number of hydrogen-bond acceptors (Lipinski definition) is 1. The highest BCUT2D eigenvalue weighted by molar-refractivity contribution is 5.00. The van der Waals surface area contributed by atoms with Gasteiger partial charge in [0, 0.05) is 5.54 Å². The molecule has 2 N–H and O–H groups in total. The predicted octanol–water partition coefficient (Wildman–Crippen LogP) is 1.69. The van der Waals surface area contributed by atoms with Crippen molar-refractivity contribution < 1.29 is 0 Å². The van der Waals surface area contributed by atoms with Crippen LogP contribution in [0.4, 0.5) is 0 Å². The third kappa shape index (κ3) is 1.33. The lowest BCUT2D eigenvalue weighted by Gasteiger charge is -2.42. The van der Waals surface area contributed by atoms with Crippen molar-refractivity contribution in [1.29, 1.82) is 0 Å². The minimum absolute atomic E-state index is 0.126. The molecule has 52 valence electrons. The van der Waals surface area contributed by atoms with Gasteiger partial charge in [-0.15, -0.1) is 6.58 Å². The summed E-state index contributed by atoms with van der Waals surface area (Å²) in [5.74, 6) is 0.843. The first-order valence-corrected chi connectivity index (χ1v) is 3.56. The molecule has 0 aromatic heterocycles. The average Bonchev–Trinajstić information content (AvgIpc) is 1.62. The van der Waals surface area contributed by atoms with E-state index in [9.17, 15) is 0 Å². The third-order valence-corrected chi connectivity index (χ3v) is 2.06. The molecule has 9 heavy (non-hydrogen) atoms. The van der Waals surface area contributed by atoms with Crippen molar-refractivity contribution in [2.75, 3.05) is 0 Å². The monoisotopic (exact) mass is 125 g/mol. The van der Waals surface area contributed by atoms with E-state index in [1.165, 1.54) is 12.8 Å². The maximum absolute atomic E-state index is 5.93. The van der Waals surface area contributed by atoms with Crippen molar-refractivity contribution >= 4 is 0 Å². The van der Waals surface area contributed by atoms with Crippen molar-refractivity contribution in [3.05, 3.63) is 12.7 Å². The van der Waals surface area contributed by atoms with Gasteiger partial charge in [-0.2, -0.15) is 0 Å². The zero-order valence-electron chi connectivity index (χ0n) is 6.06. The van der Waals surface area contributed by atoms with Crippen LogP contribution in [0.15, 0.2) is 12.7 Å². The molecule has 1 saturated carbocycles. The van der Waals surface area contributed by atoms with Crippen LogP contribution >= 0.6 is 0 Å². The van der Waals surface area contributed by atoms with E-state index in [4.69, 9.17) is 5.73 Å². The van der Waals surface area contributed by atoms with Gasteiger partial charge < -0.3 is 5.73 Å². The fourth-order valence-electron chi connectivity index (χ4n) is 1.78. The molecule has 0 atom stereocenters. The van der Waals surface area contributed by atoms with Crippen molar-refractivity contribution in [2.24, 2.45) is 11.7 Å². The molecule has 1 nitrogen and oxygen atoms in total. The summed E-state index contributed by atoms with van der Waals surface area (Å²) in [7, 11) is 0. The molecule has 0 heterocycles. The predicted molar refractivity (Wildman–Crippen MR) is 40.1 cm³/mol. The zero-order chi connectivity index (χ0) is 6.91. The lowest BCUT2D eigenvalue weighted by atomic mass is 9.68. The first-order chi connectivity index (χ1) is 4.16.